The summed E-state index contributed by atoms with van der Waals surface area (Å²) in [5.41, 5.74) is 3.74. The monoisotopic (exact) mass is 300 g/mol. The standard InChI is InChI=1S/C18H21ClN2/c1-14-7-8-18(17(19)11-14)21-10-9-20-16(13-21)12-15-5-3-2-4-6-15/h2-8,11,16,20H,9-10,12-13H2,1H3. The van der Waals surface area contributed by atoms with Gasteiger partial charge in [-0.25, -0.2) is 0 Å². The van der Waals surface area contributed by atoms with Crippen LogP contribution in [0, 0.1) is 6.92 Å². The maximum absolute atomic E-state index is 6.41. The predicted octanol–water partition coefficient (Wildman–Crippen LogP) is 3.67. The molecule has 1 aliphatic heterocycles. The van der Waals surface area contributed by atoms with E-state index in [1.807, 2.05) is 6.07 Å². The Morgan fingerprint density at radius 2 is 2.00 bits per heavy atom. The number of anilines is 1. The molecule has 21 heavy (non-hydrogen) atoms. The first-order chi connectivity index (χ1) is 10.2. The van der Waals surface area contributed by atoms with Crippen LogP contribution in [0.1, 0.15) is 11.1 Å². The van der Waals surface area contributed by atoms with E-state index >= 15 is 0 Å². The molecular formula is C18H21ClN2. The SMILES string of the molecule is Cc1ccc(N2CCNC(Cc3ccccc3)C2)c(Cl)c1. The van der Waals surface area contributed by atoms with Gasteiger partial charge in [0, 0.05) is 25.7 Å². The van der Waals surface area contributed by atoms with Crippen LogP contribution in [0.15, 0.2) is 48.5 Å². The van der Waals surface area contributed by atoms with Gasteiger partial charge < -0.3 is 10.2 Å². The van der Waals surface area contributed by atoms with Gasteiger partial charge in [0.25, 0.3) is 0 Å². The minimum Gasteiger partial charge on any atom is -0.367 e. The zero-order valence-electron chi connectivity index (χ0n) is 12.3. The van der Waals surface area contributed by atoms with E-state index in [1.54, 1.807) is 0 Å². The van der Waals surface area contributed by atoms with Crippen molar-refractivity contribution in [2.45, 2.75) is 19.4 Å². The summed E-state index contributed by atoms with van der Waals surface area (Å²) in [5, 5.41) is 4.47. The molecule has 1 N–H and O–H groups in total. The van der Waals surface area contributed by atoms with Crippen LogP contribution < -0.4 is 10.2 Å². The molecule has 0 bridgehead atoms. The number of hydrogen-bond acceptors (Lipinski definition) is 2. The normalized spacial score (nSPS) is 18.8. The van der Waals surface area contributed by atoms with Crippen LogP contribution in [0.5, 0.6) is 0 Å². The molecule has 0 saturated carbocycles. The van der Waals surface area contributed by atoms with Crippen LogP contribution in [0.4, 0.5) is 5.69 Å². The second kappa shape index (κ2) is 6.50. The molecule has 0 aromatic heterocycles. The first-order valence-corrected chi connectivity index (χ1v) is 7.88. The van der Waals surface area contributed by atoms with Crippen molar-refractivity contribution in [3.8, 4) is 0 Å². The quantitative estimate of drug-likeness (QED) is 0.930. The molecule has 1 unspecified atom stereocenters. The summed E-state index contributed by atoms with van der Waals surface area (Å²) in [4.78, 5) is 2.39. The molecule has 1 heterocycles. The fraction of sp³-hybridized carbons (Fsp3) is 0.333. The highest BCUT2D eigenvalue weighted by Gasteiger charge is 2.21. The number of benzene rings is 2. The average molecular weight is 301 g/mol. The Kier molecular flexibility index (Phi) is 4.47. The van der Waals surface area contributed by atoms with Gasteiger partial charge in [0.05, 0.1) is 10.7 Å². The average Bonchev–Trinajstić information content (AvgIpc) is 2.48. The third kappa shape index (κ3) is 3.58. The van der Waals surface area contributed by atoms with Crippen molar-refractivity contribution >= 4 is 17.3 Å². The van der Waals surface area contributed by atoms with E-state index in [-0.39, 0.29) is 0 Å². The molecule has 0 spiro atoms. The minimum absolute atomic E-state index is 0.471. The number of aryl methyl sites for hydroxylation is 1. The lowest BCUT2D eigenvalue weighted by Gasteiger charge is -2.36. The number of rotatable bonds is 3. The maximum Gasteiger partial charge on any atom is 0.0642 e. The Morgan fingerprint density at radius 3 is 2.76 bits per heavy atom. The zero-order chi connectivity index (χ0) is 14.7. The topological polar surface area (TPSA) is 15.3 Å². The van der Waals surface area contributed by atoms with E-state index < -0.39 is 0 Å². The molecule has 2 aromatic carbocycles. The van der Waals surface area contributed by atoms with Crippen molar-refractivity contribution in [2.75, 3.05) is 24.5 Å². The number of nitrogens with one attached hydrogen (secondary N) is 1. The molecule has 1 fully saturated rings. The smallest absolute Gasteiger partial charge is 0.0642 e. The van der Waals surface area contributed by atoms with Crippen molar-refractivity contribution in [1.82, 2.24) is 5.32 Å². The fourth-order valence-corrected chi connectivity index (χ4v) is 3.30. The molecule has 1 saturated heterocycles. The molecule has 2 aromatic rings. The Bertz CT molecular complexity index is 597. The third-order valence-corrected chi connectivity index (χ3v) is 4.33. The van der Waals surface area contributed by atoms with Gasteiger partial charge in [-0.2, -0.15) is 0 Å². The van der Waals surface area contributed by atoms with Crippen LogP contribution in [0.3, 0.4) is 0 Å². The summed E-state index contributed by atoms with van der Waals surface area (Å²) in [7, 11) is 0. The van der Waals surface area contributed by atoms with Crippen molar-refractivity contribution in [3.63, 3.8) is 0 Å². The highest BCUT2D eigenvalue weighted by molar-refractivity contribution is 6.33. The molecule has 0 radical (unpaired) electrons. The second-order valence-corrected chi connectivity index (χ2v) is 6.15. The molecule has 0 amide bonds. The fourth-order valence-electron chi connectivity index (χ4n) is 2.95. The van der Waals surface area contributed by atoms with E-state index in [0.717, 1.165) is 36.8 Å². The summed E-state index contributed by atoms with van der Waals surface area (Å²) in [5.74, 6) is 0. The Morgan fingerprint density at radius 1 is 1.19 bits per heavy atom. The van der Waals surface area contributed by atoms with E-state index in [9.17, 15) is 0 Å². The third-order valence-electron chi connectivity index (χ3n) is 4.02. The van der Waals surface area contributed by atoms with Gasteiger partial charge in [-0.15, -0.1) is 0 Å². The van der Waals surface area contributed by atoms with Gasteiger partial charge in [0.2, 0.25) is 0 Å². The van der Waals surface area contributed by atoms with Gasteiger partial charge in [-0.05, 0) is 36.6 Å². The van der Waals surface area contributed by atoms with Gasteiger partial charge in [0.1, 0.15) is 0 Å². The molecule has 3 heteroatoms. The lowest BCUT2D eigenvalue weighted by Crippen LogP contribution is -2.51. The summed E-state index contributed by atoms with van der Waals surface area (Å²) >= 11 is 6.41. The van der Waals surface area contributed by atoms with Crippen LogP contribution in [0.2, 0.25) is 5.02 Å². The first-order valence-electron chi connectivity index (χ1n) is 7.51. The molecule has 3 rings (SSSR count). The Labute approximate surface area is 131 Å². The lowest BCUT2D eigenvalue weighted by atomic mass is 10.0. The maximum atomic E-state index is 6.41. The van der Waals surface area contributed by atoms with Crippen molar-refractivity contribution < 1.29 is 0 Å². The summed E-state index contributed by atoms with van der Waals surface area (Å²) in [6.45, 7) is 5.08. The highest BCUT2D eigenvalue weighted by Crippen LogP contribution is 2.27. The van der Waals surface area contributed by atoms with Gasteiger partial charge in [-0.3, -0.25) is 0 Å². The van der Waals surface area contributed by atoms with Crippen LogP contribution in [0.25, 0.3) is 0 Å². The second-order valence-electron chi connectivity index (χ2n) is 5.74. The van der Waals surface area contributed by atoms with E-state index in [0.29, 0.717) is 6.04 Å². The zero-order valence-corrected chi connectivity index (χ0v) is 13.1. The number of piperazine rings is 1. The Hall–Kier alpha value is -1.51. The van der Waals surface area contributed by atoms with Crippen molar-refractivity contribution in [3.05, 3.63) is 64.7 Å². The summed E-state index contributed by atoms with van der Waals surface area (Å²) in [6, 6.07) is 17.5. The summed E-state index contributed by atoms with van der Waals surface area (Å²) in [6.07, 6.45) is 1.06. The van der Waals surface area contributed by atoms with E-state index in [1.165, 1.54) is 11.1 Å². The summed E-state index contributed by atoms with van der Waals surface area (Å²) < 4.78 is 0. The number of hydrogen-bond donors (Lipinski definition) is 1. The molecule has 110 valence electrons. The Balaban J connectivity index is 1.71. The molecule has 1 aliphatic rings. The van der Waals surface area contributed by atoms with Crippen molar-refractivity contribution in [1.29, 1.82) is 0 Å². The van der Waals surface area contributed by atoms with Gasteiger partial charge in [-0.1, -0.05) is 48.0 Å². The van der Waals surface area contributed by atoms with Gasteiger partial charge in [0.15, 0.2) is 0 Å². The van der Waals surface area contributed by atoms with E-state index in [2.05, 4.69) is 59.6 Å². The van der Waals surface area contributed by atoms with Crippen LogP contribution in [-0.4, -0.2) is 25.7 Å². The largest absolute Gasteiger partial charge is 0.367 e. The molecular weight excluding hydrogens is 280 g/mol. The minimum atomic E-state index is 0.471. The van der Waals surface area contributed by atoms with Crippen LogP contribution >= 0.6 is 11.6 Å². The highest BCUT2D eigenvalue weighted by atomic mass is 35.5. The lowest BCUT2D eigenvalue weighted by molar-refractivity contribution is 0.455. The number of nitrogens with zero attached hydrogens (tertiary/aromatic N) is 1. The van der Waals surface area contributed by atoms with Crippen LogP contribution in [-0.2, 0) is 6.42 Å². The molecule has 0 aliphatic carbocycles. The molecule has 2 nitrogen and oxygen atoms in total. The molecule has 1 atom stereocenters. The van der Waals surface area contributed by atoms with E-state index in [4.69, 9.17) is 11.6 Å². The predicted molar refractivity (Wildman–Crippen MR) is 90.3 cm³/mol. The van der Waals surface area contributed by atoms with Gasteiger partial charge >= 0.3 is 0 Å². The first kappa shape index (κ1) is 14.4. The van der Waals surface area contributed by atoms with Crippen molar-refractivity contribution in [2.24, 2.45) is 0 Å². The number of halogens is 1.